The lowest BCUT2D eigenvalue weighted by Crippen LogP contribution is -2.25. The van der Waals surface area contributed by atoms with Crippen molar-refractivity contribution in [1.29, 1.82) is 0 Å². The minimum absolute atomic E-state index is 0.0397. The van der Waals surface area contributed by atoms with Crippen LogP contribution in [0.2, 0.25) is 0 Å². The molecule has 0 aliphatic heterocycles. The Morgan fingerprint density at radius 3 is 1.31 bits per heavy atom. The highest BCUT2D eigenvalue weighted by atomic mass is 19.3. The van der Waals surface area contributed by atoms with Crippen LogP contribution in [0.25, 0.3) is 0 Å². The van der Waals surface area contributed by atoms with Crippen molar-refractivity contribution in [3.63, 3.8) is 0 Å². The molecule has 314 valence electrons. The third-order valence-corrected chi connectivity index (χ3v) is 11.3. The van der Waals surface area contributed by atoms with E-state index in [0.717, 1.165) is 51.9 Å². The zero-order valence-electron chi connectivity index (χ0n) is 35.8. The topological polar surface area (TPSA) is 121 Å². The first-order chi connectivity index (χ1) is 25.3. The van der Waals surface area contributed by atoms with Gasteiger partial charge < -0.3 is 30.6 Å². The van der Waals surface area contributed by atoms with Gasteiger partial charge in [0.15, 0.2) is 0 Å². The smallest absolute Gasteiger partial charge is 0.245 e. The maximum atomic E-state index is 12.7. The summed E-state index contributed by atoms with van der Waals surface area (Å²) in [6.45, 7) is 18.8. The average molecular weight is 779 g/mol. The molecule has 6 N–H and O–H groups in total. The quantitative estimate of drug-likeness (QED) is 0.0426. The number of halogens is 3. The Morgan fingerprint density at radius 1 is 0.509 bits per heavy atom. The van der Waals surface area contributed by atoms with Crippen molar-refractivity contribution in [1.82, 2.24) is 0 Å². The molecular weight excluding hydrogens is 705 g/mol. The average Bonchev–Trinajstić information content (AvgIpc) is 3.08. The number of benzene rings is 2. The maximum absolute atomic E-state index is 12.7. The summed E-state index contributed by atoms with van der Waals surface area (Å²) in [5.74, 6) is -1.85. The molecule has 0 aliphatic carbocycles. The molecule has 2 aromatic carbocycles. The molecule has 9 heteroatoms. The van der Waals surface area contributed by atoms with Gasteiger partial charge in [-0.2, -0.15) is 0 Å². The minimum atomic E-state index is -2.56. The summed E-state index contributed by atoms with van der Waals surface area (Å²) in [4.78, 5) is 0. The normalized spacial score (nSPS) is 14.7. The number of phenols is 4. The lowest BCUT2D eigenvalue weighted by atomic mass is 9.88. The van der Waals surface area contributed by atoms with Crippen LogP contribution in [0.1, 0.15) is 169 Å². The summed E-state index contributed by atoms with van der Waals surface area (Å²) in [5.41, 5.74) is 5.00. The molecule has 0 bridgehead atoms. The monoisotopic (exact) mass is 779 g/mol. The first-order valence-corrected chi connectivity index (χ1v) is 20.1. The molecule has 0 saturated heterocycles. The molecule has 0 heterocycles. The van der Waals surface area contributed by atoms with Crippen molar-refractivity contribution in [3.05, 3.63) is 68.1 Å². The van der Waals surface area contributed by atoms with E-state index >= 15 is 0 Å². The van der Waals surface area contributed by atoms with Crippen LogP contribution in [0, 0.1) is 41.5 Å². The van der Waals surface area contributed by atoms with E-state index < -0.39 is 17.1 Å². The van der Waals surface area contributed by atoms with E-state index in [2.05, 4.69) is 6.08 Å². The van der Waals surface area contributed by atoms with Crippen molar-refractivity contribution in [2.45, 2.75) is 196 Å². The predicted molar refractivity (Wildman–Crippen MR) is 221 cm³/mol. The third kappa shape index (κ3) is 17.7. The summed E-state index contributed by atoms with van der Waals surface area (Å²) < 4.78 is 38.2. The van der Waals surface area contributed by atoms with Crippen LogP contribution in [0.5, 0.6) is 23.0 Å². The van der Waals surface area contributed by atoms with Crippen LogP contribution in [-0.2, 0) is 12.8 Å². The van der Waals surface area contributed by atoms with Crippen molar-refractivity contribution in [3.8, 4) is 23.0 Å². The van der Waals surface area contributed by atoms with Crippen LogP contribution < -0.4 is 0 Å². The SMILES string of the molecule is C/C(F)=C/CC/C(C)=C/CC[C@](C)(O)CCc1c(C)c(O)c(C)c(C)c1O.Cc1c(C)c(O)c(CC[C@](C)(O)CCCCCCCCC(C)(F)F)c(C)c1O. The summed E-state index contributed by atoms with van der Waals surface area (Å²) in [6, 6.07) is 0. The van der Waals surface area contributed by atoms with Crippen molar-refractivity contribution < 1.29 is 43.8 Å². The van der Waals surface area contributed by atoms with Crippen LogP contribution in [-0.4, -0.2) is 47.8 Å². The largest absolute Gasteiger partial charge is 0.507 e. The summed E-state index contributed by atoms with van der Waals surface area (Å²) in [6.07, 6.45) is 14.4. The van der Waals surface area contributed by atoms with E-state index in [1.165, 1.54) is 12.5 Å². The van der Waals surface area contributed by atoms with Gasteiger partial charge in [0.25, 0.3) is 0 Å². The van der Waals surface area contributed by atoms with Crippen LogP contribution in [0.4, 0.5) is 13.2 Å². The fourth-order valence-corrected chi connectivity index (χ4v) is 6.90. The zero-order valence-corrected chi connectivity index (χ0v) is 35.8. The van der Waals surface area contributed by atoms with E-state index in [9.17, 15) is 43.8 Å². The minimum Gasteiger partial charge on any atom is -0.507 e. The Kier molecular flexibility index (Phi) is 20.4. The highest BCUT2D eigenvalue weighted by Crippen LogP contribution is 2.39. The number of unbranched alkanes of at least 4 members (excludes halogenated alkanes) is 5. The summed E-state index contributed by atoms with van der Waals surface area (Å²) in [5, 5.41) is 62.6. The van der Waals surface area contributed by atoms with Gasteiger partial charge >= 0.3 is 0 Å². The molecule has 0 saturated carbocycles. The number of phenolic OH excluding ortho intramolecular Hbond substituents is 4. The standard InChI is InChI=1S/C23H38F2O3.C23H35FO3/c1-16-17(2)21(27)19(18(3)20(16)26)12-15-22(4,28)13-10-8-6-7-9-11-14-23(5,24)25;1-15(9-7-11-16(2)24)10-8-13-23(6,27)14-12-20-19(5)21(25)17(3)18(4)22(20)26/h26-28H,6-15H2,1-5H3;10-11,25-27H,7-9,12-14H2,1-6H3/b;15-10+,16-11-/t22-;23-/m10/s1. The fourth-order valence-electron chi connectivity index (χ4n) is 6.90. The molecule has 55 heavy (non-hydrogen) atoms. The van der Waals surface area contributed by atoms with Gasteiger partial charge in [-0.3, -0.25) is 0 Å². The Morgan fingerprint density at radius 2 is 0.891 bits per heavy atom. The Hall–Kier alpha value is -3.17. The third-order valence-electron chi connectivity index (χ3n) is 11.3. The molecule has 0 unspecified atom stereocenters. The molecule has 0 radical (unpaired) electrons. The molecule has 0 fully saturated rings. The molecule has 2 atom stereocenters. The number of alkyl halides is 2. The number of hydrogen-bond acceptors (Lipinski definition) is 6. The van der Waals surface area contributed by atoms with E-state index in [-0.39, 0.29) is 35.2 Å². The highest BCUT2D eigenvalue weighted by Gasteiger charge is 2.25. The Labute approximate surface area is 330 Å². The second-order valence-corrected chi connectivity index (χ2v) is 16.7. The van der Waals surface area contributed by atoms with Crippen molar-refractivity contribution in [2.75, 3.05) is 0 Å². The van der Waals surface area contributed by atoms with Crippen LogP contribution >= 0.6 is 0 Å². The Bertz CT molecular complexity index is 1520. The second kappa shape index (κ2) is 22.5. The number of aliphatic hydroxyl groups is 2. The van der Waals surface area contributed by atoms with Gasteiger partial charge in [-0.15, -0.1) is 0 Å². The van der Waals surface area contributed by atoms with E-state index in [0.29, 0.717) is 95.9 Å². The van der Waals surface area contributed by atoms with Gasteiger partial charge in [0.1, 0.15) is 23.0 Å². The van der Waals surface area contributed by atoms with E-state index in [4.69, 9.17) is 0 Å². The second-order valence-electron chi connectivity index (χ2n) is 16.7. The van der Waals surface area contributed by atoms with Gasteiger partial charge in [-0.1, -0.05) is 49.8 Å². The summed E-state index contributed by atoms with van der Waals surface area (Å²) in [7, 11) is 0. The molecule has 2 rings (SSSR count). The molecule has 6 nitrogen and oxygen atoms in total. The van der Waals surface area contributed by atoms with E-state index in [1.807, 2.05) is 13.8 Å². The molecule has 0 amide bonds. The van der Waals surface area contributed by atoms with Crippen molar-refractivity contribution in [2.24, 2.45) is 0 Å². The van der Waals surface area contributed by atoms with Gasteiger partial charge in [0, 0.05) is 17.5 Å². The molecule has 0 aromatic heterocycles. The van der Waals surface area contributed by atoms with Crippen LogP contribution in [0.3, 0.4) is 0 Å². The first kappa shape index (κ1) is 49.8. The summed E-state index contributed by atoms with van der Waals surface area (Å²) >= 11 is 0. The number of rotatable bonds is 21. The predicted octanol–water partition coefficient (Wildman–Crippen LogP) is 12.6. The first-order valence-electron chi connectivity index (χ1n) is 20.1. The van der Waals surface area contributed by atoms with Crippen molar-refractivity contribution >= 4 is 0 Å². The van der Waals surface area contributed by atoms with Gasteiger partial charge in [-0.05, 0) is 174 Å². The molecule has 2 aromatic rings. The van der Waals surface area contributed by atoms with Gasteiger partial charge in [0.05, 0.1) is 17.0 Å². The van der Waals surface area contributed by atoms with Gasteiger partial charge in [-0.25, -0.2) is 13.2 Å². The zero-order chi connectivity index (χ0) is 42.3. The lowest BCUT2D eigenvalue weighted by Gasteiger charge is -2.25. The molecule has 0 spiro atoms. The van der Waals surface area contributed by atoms with E-state index in [1.54, 1.807) is 54.5 Å². The Balaban J connectivity index is 0.000000550. The number of hydrogen-bond donors (Lipinski definition) is 6. The fraction of sp³-hybridized carbons (Fsp3) is 0.652. The number of allylic oxidation sites excluding steroid dienone is 4. The lowest BCUT2D eigenvalue weighted by molar-refractivity contribution is 0.0102. The maximum Gasteiger partial charge on any atom is 0.245 e. The highest BCUT2D eigenvalue weighted by molar-refractivity contribution is 5.57. The molecule has 0 aliphatic rings. The number of aromatic hydroxyl groups is 4. The van der Waals surface area contributed by atoms with Gasteiger partial charge in [0.2, 0.25) is 5.92 Å². The molecular formula is C46H73F3O6. The van der Waals surface area contributed by atoms with Crippen LogP contribution in [0.15, 0.2) is 23.6 Å².